The van der Waals surface area contributed by atoms with Crippen LogP contribution >= 0.6 is 0 Å². The molecule has 0 atom stereocenters. The number of piperazine rings is 1. The summed E-state index contributed by atoms with van der Waals surface area (Å²) in [6, 6.07) is 7.55. The molecule has 2 aliphatic rings. The molecule has 166 valence electrons. The molecule has 0 saturated carbocycles. The Labute approximate surface area is 177 Å². The van der Waals surface area contributed by atoms with Crippen molar-refractivity contribution in [2.75, 3.05) is 31.1 Å². The summed E-state index contributed by atoms with van der Waals surface area (Å²) in [7, 11) is -3.72. The van der Waals surface area contributed by atoms with E-state index < -0.39 is 32.4 Å². The number of rotatable bonds is 4. The van der Waals surface area contributed by atoms with Gasteiger partial charge >= 0.3 is 6.18 Å². The van der Waals surface area contributed by atoms with Gasteiger partial charge in [0.1, 0.15) is 5.69 Å². The smallest absolute Gasteiger partial charge is 0.363 e. The van der Waals surface area contributed by atoms with Crippen molar-refractivity contribution in [1.82, 2.24) is 4.31 Å². The minimum absolute atomic E-state index is 0.0487. The third kappa shape index (κ3) is 4.11. The quantitative estimate of drug-likeness (QED) is 0.520. The summed E-state index contributed by atoms with van der Waals surface area (Å²) < 4.78 is 66.2. The summed E-state index contributed by atoms with van der Waals surface area (Å²) in [5, 5.41) is 11.4. The fourth-order valence-corrected chi connectivity index (χ4v) is 5.61. The number of nitro groups is 1. The zero-order chi connectivity index (χ0) is 22.4. The molecule has 0 unspecified atom stereocenters. The van der Waals surface area contributed by atoms with Crippen LogP contribution in [0.3, 0.4) is 0 Å². The number of anilines is 1. The Hall–Kier alpha value is -2.66. The number of halogens is 3. The lowest BCUT2D eigenvalue weighted by Crippen LogP contribution is -2.48. The number of benzene rings is 2. The molecule has 0 amide bonds. The first-order valence-electron chi connectivity index (χ1n) is 9.80. The summed E-state index contributed by atoms with van der Waals surface area (Å²) in [6.07, 6.45) is -1.89. The van der Waals surface area contributed by atoms with Crippen LogP contribution in [0.2, 0.25) is 0 Å². The average Bonchev–Trinajstić information content (AvgIpc) is 3.20. The van der Waals surface area contributed by atoms with Crippen LogP contribution < -0.4 is 4.90 Å². The van der Waals surface area contributed by atoms with Crippen molar-refractivity contribution in [3.05, 3.63) is 63.2 Å². The van der Waals surface area contributed by atoms with E-state index in [-0.39, 0.29) is 36.8 Å². The molecule has 0 radical (unpaired) electrons. The van der Waals surface area contributed by atoms with E-state index in [9.17, 15) is 31.7 Å². The largest absolute Gasteiger partial charge is 0.416 e. The third-order valence-electron chi connectivity index (χ3n) is 5.79. The normalized spacial score (nSPS) is 17.6. The summed E-state index contributed by atoms with van der Waals surface area (Å²) >= 11 is 0. The molecule has 1 aliphatic heterocycles. The van der Waals surface area contributed by atoms with Gasteiger partial charge in [-0.2, -0.15) is 17.5 Å². The van der Waals surface area contributed by atoms with E-state index in [2.05, 4.69) is 0 Å². The molecule has 2 aromatic rings. The van der Waals surface area contributed by atoms with Gasteiger partial charge < -0.3 is 4.90 Å². The molecular formula is C20H20F3N3O4S. The Bertz CT molecular complexity index is 1130. The first-order valence-corrected chi connectivity index (χ1v) is 11.2. The molecule has 2 aromatic carbocycles. The number of nitro benzene ring substituents is 1. The van der Waals surface area contributed by atoms with Crippen molar-refractivity contribution in [3.8, 4) is 0 Å². The highest BCUT2D eigenvalue weighted by Crippen LogP contribution is 2.37. The molecule has 1 fully saturated rings. The van der Waals surface area contributed by atoms with Gasteiger partial charge in [0.2, 0.25) is 10.0 Å². The van der Waals surface area contributed by atoms with Crippen LogP contribution in [0.25, 0.3) is 0 Å². The molecule has 1 aliphatic carbocycles. The standard InChI is InChI=1S/C20H20F3N3O4S/c21-20(22,23)16-5-7-18(19(13-16)26(27)28)24-8-10-25(11-9-24)31(29,30)17-6-4-14-2-1-3-15(14)12-17/h4-7,12-13H,1-3,8-11H2. The van der Waals surface area contributed by atoms with Crippen LogP contribution in [0, 0.1) is 10.1 Å². The van der Waals surface area contributed by atoms with E-state index in [1.54, 1.807) is 17.0 Å². The fourth-order valence-electron chi connectivity index (χ4n) is 4.14. The summed E-state index contributed by atoms with van der Waals surface area (Å²) in [4.78, 5) is 12.3. The van der Waals surface area contributed by atoms with Crippen molar-refractivity contribution in [3.63, 3.8) is 0 Å². The van der Waals surface area contributed by atoms with Gasteiger partial charge in [-0.25, -0.2) is 8.42 Å². The zero-order valence-electron chi connectivity index (χ0n) is 16.4. The number of alkyl halides is 3. The van der Waals surface area contributed by atoms with Crippen LogP contribution in [-0.4, -0.2) is 43.8 Å². The summed E-state index contributed by atoms with van der Waals surface area (Å²) in [6.45, 7) is 0.432. The highest BCUT2D eigenvalue weighted by Gasteiger charge is 2.35. The number of aryl methyl sites for hydroxylation is 2. The van der Waals surface area contributed by atoms with Crippen LogP contribution in [0.4, 0.5) is 24.5 Å². The van der Waals surface area contributed by atoms with E-state index in [1.807, 2.05) is 6.07 Å². The van der Waals surface area contributed by atoms with Crippen molar-refractivity contribution >= 4 is 21.4 Å². The van der Waals surface area contributed by atoms with Crippen molar-refractivity contribution in [1.29, 1.82) is 0 Å². The molecule has 1 saturated heterocycles. The Balaban J connectivity index is 1.53. The first-order chi connectivity index (χ1) is 14.6. The lowest BCUT2D eigenvalue weighted by atomic mass is 10.1. The van der Waals surface area contributed by atoms with Crippen molar-refractivity contribution in [2.24, 2.45) is 0 Å². The highest BCUT2D eigenvalue weighted by molar-refractivity contribution is 7.89. The van der Waals surface area contributed by atoms with Crippen LogP contribution in [0.5, 0.6) is 0 Å². The minimum Gasteiger partial charge on any atom is -0.363 e. The summed E-state index contributed by atoms with van der Waals surface area (Å²) in [5.41, 5.74) is 0.511. The van der Waals surface area contributed by atoms with Gasteiger partial charge in [0.05, 0.1) is 15.4 Å². The molecule has 0 aromatic heterocycles. The highest BCUT2D eigenvalue weighted by atomic mass is 32.2. The maximum absolute atomic E-state index is 13.0. The van der Waals surface area contributed by atoms with Crippen LogP contribution in [-0.2, 0) is 29.0 Å². The van der Waals surface area contributed by atoms with E-state index in [1.165, 1.54) is 9.87 Å². The molecule has 4 rings (SSSR count). The number of hydrogen-bond donors (Lipinski definition) is 0. The Morgan fingerprint density at radius 3 is 2.26 bits per heavy atom. The number of hydrogen-bond acceptors (Lipinski definition) is 5. The van der Waals surface area contributed by atoms with Gasteiger partial charge in [0.25, 0.3) is 5.69 Å². The van der Waals surface area contributed by atoms with Crippen molar-refractivity contribution in [2.45, 2.75) is 30.3 Å². The topological polar surface area (TPSA) is 83.8 Å². The predicted molar refractivity (Wildman–Crippen MR) is 108 cm³/mol. The number of sulfonamides is 1. The molecule has 0 N–H and O–H groups in total. The number of nitrogens with zero attached hydrogens (tertiary/aromatic N) is 3. The van der Waals surface area contributed by atoms with E-state index >= 15 is 0 Å². The second-order valence-corrected chi connectivity index (χ2v) is 9.57. The Morgan fingerprint density at radius 2 is 1.61 bits per heavy atom. The van der Waals surface area contributed by atoms with E-state index in [0.29, 0.717) is 6.07 Å². The first kappa shape index (κ1) is 21.6. The predicted octanol–water partition coefficient (Wildman–Crippen LogP) is 3.61. The van der Waals surface area contributed by atoms with Gasteiger partial charge in [-0.1, -0.05) is 6.07 Å². The van der Waals surface area contributed by atoms with Crippen molar-refractivity contribution < 1.29 is 26.5 Å². The lowest BCUT2D eigenvalue weighted by molar-refractivity contribution is -0.384. The van der Waals surface area contributed by atoms with E-state index in [0.717, 1.165) is 37.0 Å². The maximum Gasteiger partial charge on any atom is 0.416 e. The van der Waals surface area contributed by atoms with Gasteiger partial charge in [-0.05, 0) is 54.7 Å². The molecule has 0 spiro atoms. The van der Waals surface area contributed by atoms with Gasteiger partial charge in [-0.3, -0.25) is 10.1 Å². The second kappa shape index (κ2) is 7.79. The third-order valence-corrected chi connectivity index (χ3v) is 7.68. The summed E-state index contributed by atoms with van der Waals surface area (Å²) in [5.74, 6) is 0. The zero-order valence-corrected chi connectivity index (χ0v) is 17.2. The molecule has 31 heavy (non-hydrogen) atoms. The monoisotopic (exact) mass is 455 g/mol. The van der Waals surface area contributed by atoms with Gasteiger partial charge in [0.15, 0.2) is 0 Å². The lowest BCUT2D eigenvalue weighted by Gasteiger charge is -2.35. The van der Waals surface area contributed by atoms with Crippen LogP contribution in [0.1, 0.15) is 23.1 Å². The van der Waals surface area contributed by atoms with E-state index in [4.69, 9.17) is 0 Å². The number of fused-ring (bicyclic) bond motifs is 1. The Morgan fingerprint density at radius 1 is 0.935 bits per heavy atom. The maximum atomic E-state index is 13.0. The fraction of sp³-hybridized carbons (Fsp3) is 0.400. The molecule has 0 bridgehead atoms. The average molecular weight is 455 g/mol. The van der Waals surface area contributed by atoms with Gasteiger partial charge in [-0.15, -0.1) is 0 Å². The molecule has 7 nitrogen and oxygen atoms in total. The Kier molecular flexibility index (Phi) is 5.42. The minimum atomic E-state index is -4.69. The molecule has 11 heteroatoms. The van der Waals surface area contributed by atoms with Gasteiger partial charge in [0, 0.05) is 32.2 Å². The SMILES string of the molecule is O=[N+]([O-])c1cc(C(F)(F)F)ccc1N1CCN(S(=O)(=O)c2ccc3c(c2)CCC3)CC1. The molecular weight excluding hydrogens is 435 g/mol. The molecule has 1 heterocycles. The second-order valence-electron chi connectivity index (χ2n) is 7.63. The van der Waals surface area contributed by atoms with Crippen LogP contribution in [0.15, 0.2) is 41.3 Å².